The van der Waals surface area contributed by atoms with Crippen molar-refractivity contribution in [2.75, 3.05) is 13.1 Å². The topological polar surface area (TPSA) is 68.1 Å². The molecule has 6 nitrogen and oxygen atoms in total. The number of fused-ring (bicyclic) bond motifs is 4. The van der Waals surface area contributed by atoms with Crippen molar-refractivity contribution >= 4 is 17.5 Å². The molecule has 0 N–H and O–H groups in total. The second kappa shape index (κ2) is 5.70. The van der Waals surface area contributed by atoms with E-state index in [-0.39, 0.29) is 17.4 Å². The molecule has 0 unspecified atom stereocenters. The molecule has 7 heteroatoms. The van der Waals surface area contributed by atoms with Crippen molar-refractivity contribution in [3.63, 3.8) is 0 Å². The highest BCUT2D eigenvalue weighted by Crippen LogP contribution is 2.36. The zero-order valence-corrected chi connectivity index (χ0v) is 14.0. The van der Waals surface area contributed by atoms with Gasteiger partial charge < -0.3 is 9.47 Å². The van der Waals surface area contributed by atoms with Crippen molar-refractivity contribution in [3.8, 4) is 11.4 Å². The molecule has 0 aromatic carbocycles. The third-order valence-electron chi connectivity index (χ3n) is 4.88. The van der Waals surface area contributed by atoms with Gasteiger partial charge in [0, 0.05) is 62.2 Å². The number of pyridine rings is 1. The second-order valence-electron chi connectivity index (χ2n) is 6.57. The van der Waals surface area contributed by atoms with E-state index in [1.807, 2.05) is 15.5 Å². The summed E-state index contributed by atoms with van der Waals surface area (Å²) in [5.41, 5.74) is 1.63. The molecule has 1 amide bonds. The fraction of sp³-hybridized carbons (Fsp3) is 0.412. The first-order valence-corrected chi connectivity index (χ1v) is 8.37. The molecule has 1 fully saturated rings. The van der Waals surface area contributed by atoms with Crippen molar-refractivity contribution in [3.05, 3.63) is 45.6 Å². The molecule has 2 aliphatic heterocycles. The molecule has 2 bridgehead atoms. The molecule has 1 saturated heterocycles. The number of hydrogen-bond donors (Lipinski definition) is 0. The fourth-order valence-corrected chi connectivity index (χ4v) is 3.90. The number of carbonyl (C=O) groups is 1. The number of carbonyl (C=O) groups excluding carboxylic acids is 1. The lowest BCUT2D eigenvalue weighted by atomic mass is 9.82. The molecule has 0 saturated carbocycles. The molecule has 0 spiro atoms. The van der Waals surface area contributed by atoms with Crippen LogP contribution < -0.4 is 5.56 Å². The minimum absolute atomic E-state index is 0.0352. The Morgan fingerprint density at radius 3 is 2.67 bits per heavy atom. The lowest BCUT2D eigenvalue weighted by Crippen LogP contribution is -2.48. The van der Waals surface area contributed by atoms with E-state index in [9.17, 15) is 9.59 Å². The average Bonchev–Trinajstić information content (AvgIpc) is 2.56. The maximum atomic E-state index is 12.6. The van der Waals surface area contributed by atoms with Crippen molar-refractivity contribution in [1.29, 1.82) is 0 Å². The summed E-state index contributed by atoms with van der Waals surface area (Å²) in [4.78, 5) is 34.6. The maximum absolute atomic E-state index is 12.6. The van der Waals surface area contributed by atoms with Crippen LogP contribution in [0.5, 0.6) is 0 Å². The first-order valence-electron chi connectivity index (χ1n) is 7.99. The minimum atomic E-state index is -0.0352. The largest absolute Gasteiger partial charge is 0.342 e. The highest BCUT2D eigenvalue weighted by atomic mass is 35.5. The lowest BCUT2D eigenvalue weighted by molar-refractivity contribution is -0.131. The molecule has 0 aliphatic carbocycles. The molecule has 2 aliphatic rings. The third kappa shape index (κ3) is 2.60. The average molecular weight is 345 g/mol. The van der Waals surface area contributed by atoms with Crippen LogP contribution in [0.2, 0.25) is 5.02 Å². The SMILES string of the molecule is CC(=O)N1C[C@@H]2C[C@H](C1)c1cc(-c3ncc(Cl)cn3)cc(=O)n1C2. The van der Waals surface area contributed by atoms with Gasteiger partial charge in [0.2, 0.25) is 5.91 Å². The first kappa shape index (κ1) is 15.3. The van der Waals surface area contributed by atoms with Gasteiger partial charge >= 0.3 is 0 Å². The summed E-state index contributed by atoms with van der Waals surface area (Å²) >= 11 is 5.83. The van der Waals surface area contributed by atoms with Gasteiger partial charge in [0.25, 0.3) is 5.56 Å². The molecule has 2 atom stereocenters. The number of aromatic nitrogens is 3. The summed E-state index contributed by atoms with van der Waals surface area (Å²) in [6.45, 7) is 3.66. The van der Waals surface area contributed by atoms with E-state index in [1.54, 1.807) is 13.0 Å². The van der Waals surface area contributed by atoms with E-state index in [1.165, 1.54) is 12.4 Å². The zero-order chi connectivity index (χ0) is 16.8. The number of amides is 1. The van der Waals surface area contributed by atoms with Gasteiger partial charge in [-0.05, 0) is 18.4 Å². The van der Waals surface area contributed by atoms with E-state index in [0.717, 1.165) is 18.7 Å². The minimum Gasteiger partial charge on any atom is -0.342 e. The normalized spacial score (nSPS) is 22.2. The summed E-state index contributed by atoms with van der Waals surface area (Å²) < 4.78 is 1.84. The Labute approximate surface area is 144 Å². The van der Waals surface area contributed by atoms with E-state index in [2.05, 4.69) is 9.97 Å². The predicted molar refractivity (Wildman–Crippen MR) is 89.8 cm³/mol. The van der Waals surface area contributed by atoms with Crippen molar-refractivity contribution in [2.45, 2.75) is 25.8 Å². The Morgan fingerprint density at radius 2 is 1.96 bits per heavy atom. The maximum Gasteiger partial charge on any atom is 0.251 e. The van der Waals surface area contributed by atoms with E-state index < -0.39 is 0 Å². The molecular weight excluding hydrogens is 328 g/mol. The number of rotatable bonds is 1. The second-order valence-corrected chi connectivity index (χ2v) is 7.00. The van der Waals surface area contributed by atoms with Gasteiger partial charge in [-0.15, -0.1) is 0 Å². The number of piperidine rings is 1. The third-order valence-corrected chi connectivity index (χ3v) is 5.08. The molecule has 4 heterocycles. The quantitative estimate of drug-likeness (QED) is 0.792. The molecule has 2 aromatic heterocycles. The van der Waals surface area contributed by atoms with Gasteiger partial charge in [-0.3, -0.25) is 9.59 Å². The Hall–Kier alpha value is -2.21. The van der Waals surface area contributed by atoms with Crippen LogP contribution in [0.3, 0.4) is 0 Å². The van der Waals surface area contributed by atoms with Crippen molar-refractivity contribution in [1.82, 2.24) is 19.4 Å². The van der Waals surface area contributed by atoms with E-state index in [0.29, 0.717) is 35.4 Å². The van der Waals surface area contributed by atoms with Crippen LogP contribution in [0.4, 0.5) is 0 Å². The van der Waals surface area contributed by atoms with Crippen molar-refractivity contribution in [2.24, 2.45) is 5.92 Å². The van der Waals surface area contributed by atoms with Crippen LogP contribution >= 0.6 is 11.6 Å². The van der Waals surface area contributed by atoms with Gasteiger partial charge in [-0.25, -0.2) is 9.97 Å². The molecule has 124 valence electrons. The van der Waals surface area contributed by atoms with Gasteiger partial charge in [-0.2, -0.15) is 0 Å². The number of nitrogens with zero attached hydrogens (tertiary/aromatic N) is 4. The van der Waals surface area contributed by atoms with Crippen LogP contribution in [0.25, 0.3) is 11.4 Å². The van der Waals surface area contributed by atoms with Crippen LogP contribution in [0.15, 0.2) is 29.3 Å². The summed E-state index contributed by atoms with van der Waals surface area (Å²) in [7, 11) is 0. The molecular formula is C17H17ClN4O2. The standard InChI is InChI=1S/C17H17ClN4O2/c1-10(23)21-7-11-2-13(9-21)15-3-12(4-16(24)22(15)8-11)17-19-5-14(18)6-20-17/h3-6,11,13H,2,7-9H2,1H3/t11-,13+/m0/s1. The summed E-state index contributed by atoms with van der Waals surface area (Å²) in [6, 6.07) is 3.56. The van der Waals surface area contributed by atoms with Gasteiger partial charge in [0.15, 0.2) is 5.82 Å². The van der Waals surface area contributed by atoms with Crippen LogP contribution in [-0.4, -0.2) is 38.4 Å². The first-order chi connectivity index (χ1) is 11.5. The monoisotopic (exact) mass is 344 g/mol. The van der Waals surface area contributed by atoms with Gasteiger partial charge in [0.1, 0.15) is 0 Å². The number of halogens is 1. The zero-order valence-electron chi connectivity index (χ0n) is 13.3. The Kier molecular flexibility index (Phi) is 3.64. The van der Waals surface area contributed by atoms with Crippen LogP contribution in [0.1, 0.15) is 25.0 Å². The highest BCUT2D eigenvalue weighted by Gasteiger charge is 2.35. The summed E-state index contributed by atoms with van der Waals surface area (Å²) in [6.07, 6.45) is 4.05. The molecule has 2 aromatic rings. The van der Waals surface area contributed by atoms with E-state index in [4.69, 9.17) is 11.6 Å². The van der Waals surface area contributed by atoms with Crippen LogP contribution in [0, 0.1) is 5.92 Å². The predicted octanol–water partition coefficient (Wildman–Crippen LogP) is 1.92. The Bertz CT molecular complexity index is 862. The number of hydrogen-bond acceptors (Lipinski definition) is 4. The Morgan fingerprint density at radius 1 is 1.21 bits per heavy atom. The van der Waals surface area contributed by atoms with Gasteiger partial charge in [-0.1, -0.05) is 11.6 Å². The Balaban J connectivity index is 1.77. The summed E-state index contributed by atoms with van der Waals surface area (Å²) in [5, 5.41) is 0.459. The molecule has 4 rings (SSSR count). The number of likely N-dealkylation sites (tertiary alicyclic amines) is 1. The highest BCUT2D eigenvalue weighted by molar-refractivity contribution is 6.30. The fourth-order valence-electron chi connectivity index (χ4n) is 3.81. The molecule has 0 radical (unpaired) electrons. The lowest BCUT2D eigenvalue weighted by Gasteiger charge is -2.42. The van der Waals surface area contributed by atoms with Gasteiger partial charge in [0.05, 0.1) is 5.02 Å². The smallest absolute Gasteiger partial charge is 0.251 e. The van der Waals surface area contributed by atoms with E-state index >= 15 is 0 Å². The van der Waals surface area contributed by atoms with Crippen LogP contribution in [-0.2, 0) is 11.3 Å². The molecule has 24 heavy (non-hydrogen) atoms. The van der Waals surface area contributed by atoms with Crippen molar-refractivity contribution < 1.29 is 4.79 Å². The summed E-state index contributed by atoms with van der Waals surface area (Å²) in [5.74, 6) is 1.11.